The average Bonchev–Trinajstić information content (AvgIpc) is 2.61. The van der Waals surface area contributed by atoms with E-state index in [1.807, 2.05) is 32.1 Å². The van der Waals surface area contributed by atoms with Gasteiger partial charge in [0.1, 0.15) is 10.1 Å². The second-order valence-corrected chi connectivity index (χ2v) is 6.08. The highest BCUT2D eigenvalue weighted by Gasteiger charge is 2.28. The number of nitrogens with zero attached hydrogens (tertiary/aromatic N) is 1. The summed E-state index contributed by atoms with van der Waals surface area (Å²) in [5.74, 6) is 0.783. The standard InChI is InChI=1S/C14H15NO2S2/c1-8-5-10(6-11(17-4)9(8)2)7-12-13(16)15(3)14(18)19-12/h5-7H,1-4H3/b12-7-. The van der Waals surface area contributed by atoms with Gasteiger partial charge < -0.3 is 4.74 Å². The van der Waals surface area contributed by atoms with Crippen molar-refractivity contribution in [2.45, 2.75) is 13.8 Å². The molecule has 0 radical (unpaired) electrons. The molecular formula is C14H15NO2S2. The number of ether oxygens (including phenoxy) is 1. The molecule has 5 heteroatoms. The van der Waals surface area contributed by atoms with Gasteiger partial charge in [-0.25, -0.2) is 0 Å². The minimum absolute atomic E-state index is 0.0489. The number of amides is 1. The summed E-state index contributed by atoms with van der Waals surface area (Å²) in [6.07, 6.45) is 1.86. The van der Waals surface area contributed by atoms with Crippen molar-refractivity contribution < 1.29 is 9.53 Å². The highest BCUT2D eigenvalue weighted by molar-refractivity contribution is 8.26. The Morgan fingerprint density at radius 1 is 1.37 bits per heavy atom. The van der Waals surface area contributed by atoms with Gasteiger partial charge in [0.2, 0.25) is 0 Å². The van der Waals surface area contributed by atoms with Gasteiger partial charge in [-0.1, -0.05) is 30.0 Å². The van der Waals surface area contributed by atoms with Crippen molar-refractivity contribution in [2.75, 3.05) is 14.2 Å². The molecule has 1 fully saturated rings. The number of benzene rings is 1. The Bertz CT molecular complexity index is 593. The number of carbonyl (C=O) groups excluding carboxylic acids is 1. The molecule has 1 aliphatic heterocycles. The van der Waals surface area contributed by atoms with E-state index in [0.29, 0.717) is 9.23 Å². The molecule has 0 atom stereocenters. The van der Waals surface area contributed by atoms with Crippen LogP contribution in [-0.4, -0.2) is 29.3 Å². The van der Waals surface area contributed by atoms with Gasteiger partial charge in [-0.05, 0) is 42.7 Å². The lowest BCUT2D eigenvalue weighted by Crippen LogP contribution is -2.22. The molecule has 19 heavy (non-hydrogen) atoms. The van der Waals surface area contributed by atoms with Crippen LogP contribution >= 0.6 is 24.0 Å². The number of aryl methyl sites for hydroxylation is 1. The molecule has 1 saturated heterocycles. The maximum Gasteiger partial charge on any atom is 0.265 e. The van der Waals surface area contributed by atoms with Crippen LogP contribution < -0.4 is 4.74 Å². The second-order valence-electron chi connectivity index (χ2n) is 4.41. The van der Waals surface area contributed by atoms with E-state index in [1.54, 1.807) is 14.2 Å². The molecule has 0 aliphatic carbocycles. The summed E-state index contributed by atoms with van der Waals surface area (Å²) < 4.78 is 5.93. The van der Waals surface area contributed by atoms with Crippen molar-refractivity contribution in [2.24, 2.45) is 0 Å². The number of thiocarbonyl (C=S) groups is 1. The Hall–Kier alpha value is -1.33. The number of carbonyl (C=O) groups is 1. The largest absolute Gasteiger partial charge is 0.496 e. The SMILES string of the molecule is COc1cc(/C=C2\SC(=S)N(C)C2=O)cc(C)c1C. The molecular weight excluding hydrogens is 278 g/mol. The number of hydrogen-bond donors (Lipinski definition) is 0. The molecule has 0 bridgehead atoms. The summed E-state index contributed by atoms with van der Waals surface area (Å²) in [5, 5.41) is 0. The van der Waals surface area contributed by atoms with E-state index < -0.39 is 0 Å². The third-order valence-electron chi connectivity index (χ3n) is 3.15. The summed E-state index contributed by atoms with van der Waals surface area (Å²) in [5.41, 5.74) is 3.20. The third kappa shape index (κ3) is 2.67. The predicted octanol–water partition coefficient (Wildman–Crippen LogP) is 3.14. The van der Waals surface area contributed by atoms with E-state index in [9.17, 15) is 4.79 Å². The van der Waals surface area contributed by atoms with Gasteiger partial charge in [0.05, 0.1) is 12.0 Å². The van der Waals surface area contributed by atoms with E-state index >= 15 is 0 Å². The zero-order chi connectivity index (χ0) is 14.2. The lowest BCUT2D eigenvalue weighted by atomic mass is 10.0. The van der Waals surface area contributed by atoms with Crippen LogP contribution in [0.2, 0.25) is 0 Å². The van der Waals surface area contributed by atoms with Crippen molar-refractivity contribution in [1.29, 1.82) is 0 Å². The first-order valence-corrected chi connectivity index (χ1v) is 7.03. The number of rotatable bonds is 2. The van der Waals surface area contributed by atoms with Crippen LogP contribution in [0.15, 0.2) is 17.0 Å². The first-order valence-electron chi connectivity index (χ1n) is 5.81. The van der Waals surface area contributed by atoms with Gasteiger partial charge in [0, 0.05) is 7.05 Å². The van der Waals surface area contributed by atoms with Crippen LogP contribution in [0.25, 0.3) is 6.08 Å². The van der Waals surface area contributed by atoms with Crippen LogP contribution in [-0.2, 0) is 4.79 Å². The van der Waals surface area contributed by atoms with Crippen molar-refractivity contribution in [3.05, 3.63) is 33.7 Å². The first-order chi connectivity index (χ1) is 8.93. The van der Waals surface area contributed by atoms with Crippen molar-refractivity contribution in [3.8, 4) is 5.75 Å². The predicted molar refractivity (Wildman–Crippen MR) is 83.4 cm³/mol. The van der Waals surface area contributed by atoms with E-state index in [2.05, 4.69) is 0 Å². The van der Waals surface area contributed by atoms with E-state index in [1.165, 1.54) is 16.7 Å². The van der Waals surface area contributed by atoms with Gasteiger partial charge in [-0.2, -0.15) is 0 Å². The Labute approximate surface area is 122 Å². The smallest absolute Gasteiger partial charge is 0.265 e. The Morgan fingerprint density at radius 2 is 2.05 bits per heavy atom. The lowest BCUT2D eigenvalue weighted by Gasteiger charge is -2.09. The molecule has 0 spiro atoms. The fourth-order valence-corrected chi connectivity index (χ4v) is 3.03. The number of likely N-dealkylation sites (N-methyl/N-ethyl adjacent to an activating group) is 1. The van der Waals surface area contributed by atoms with Crippen molar-refractivity contribution >= 4 is 40.3 Å². The molecule has 3 nitrogen and oxygen atoms in total. The van der Waals surface area contributed by atoms with Crippen molar-refractivity contribution in [1.82, 2.24) is 4.90 Å². The zero-order valence-electron chi connectivity index (χ0n) is 11.3. The fourth-order valence-electron chi connectivity index (χ4n) is 1.85. The molecule has 0 aromatic heterocycles. The van der Waals surface area contributed by atoms with Gasteiger partial charge in [0.15, 0.2) is 0 Å². The topological polar surface area (TPSA) is 29.5 Å². The molecule has 1 aromatic rings. The monoisotopic (exact) mass is 293 g/mol. The quantitative estimate of drug-likeness (QED) is 0.619. The molecule has 2 rings (SSSR count). The first kappa shape index (κ1) is 14.1. The summed E-state index contributed by atoms with van der Waals surface area (Å²) in [7, 11) is 3.34. The van der Waals surface area contributed by atoms with Crippen LogP contribution in [0.4, 0.5) is 0 Å². The summed E-state index contributed by atoms with van der Waals surface area (Å²) in [6, 6.07) is 3.98. The normalized spacial score (nSPS) is 17.5. The maximum atomic E-state index is 11.9. The molecule has 0 N–H and O–H groups in total. The van der Waals surface area contributed by atoms with Gasteiger partial charge in [0.25, 0.3) is 5.91 Å². The van der Waals surface area contributed by atoms with E-state index in [-0.39, 0.29) is 5.91 Å². The molecule has 100 valence electrons. The summed E-state index contributed by atoms with van der Waals surface area (Å²) in [6.45, 7) is 4.05. The van der Waals surface area contributed by atoms with Gasteiger partial charge >= 0.3 is 0 Å². The minimum Gasteiger partial charge on any atom is -0.496 e. The Kier molecular flexibility index (Phi) is 3.96. The van der Waals surface area contributed by atoms with Gasteiger partial charge in [-0.15, -0.1) is 0 Å². The third-order valence-corrected chi connectivity index (χ3v) is 4.63. The van der Waals surface area contributed by atoms with E-state index in [4.69, 9.17) is 17.0 Å². The number of hydrogen-bond acceptors (Lipinski definition) is 4. The maximum absolute atomic E-state index is 11.9. The highest BCUT2D eigenvalue weighted by atomic mass is 32.2. The highest BCUT2D eigenvalue weighted by Crippen LogP contribution is 2.32. The molecule has 1 heterocycles. The summed E-state index contributed by atoms with van der Waals surface area (Å²) in [4.78, 5) is 14.1. The molecule has 1 aromatic carbocycles. The van der Waals surface area contributed by atoms with Crippen LogP contribution in [0.1, 0.15) is 16.7 Å². The van der Waals surface area contributed by atoms with Crippen molar-refractivity contribution in [3.63, 3.8) is 0 Å². The van der Waals surface area contributed by atoms with Crippen LogP contribution in [0.5, 0.6) is 5.75 Å². The fraction of sp³-hybridized carbons (Fsp3) is 0.286. The molecule has 0 unspecified atom stereocenters. The number of methoxy groups -OCH3 is 1. The Morgan fingerprint density at radius 3 is 2.58 bits per heavy atom. The van der Waals surface area contributed by atoms with Crippen LogP contribution in [0.3, 0.4) is 0 Å². The van der Waals surface area contributed by atoms with Crippen LogP contribution in [0, 0.1) is 13.8 Å². The zero-order valence-corrected chi connectivity index (χ0v) is 12.9. The minimum atomic E-state index is -0.0489. The Balaban J connectivity index is 2.42. The van der Waals surface area contributed by atoms with E-state index in [0.717, 1.165) is 22.4 Å². The molecule has 0 saturated carbocycles. The lowest BCUT2D eigenvalue weighted by molar-refractivity contribution is -0.121. The second kappa shape index (κ2) is 5.35. The molecule has 1 aliphatic rings. The average molecular weight is 293 g/mol. The summed E-state index contributed by atoms with van der Waals surface area (Å²) >= 11 is 6.44. The molecule has 1 amide bonds. The van der Waals surface area contributed by atoms with Gasteiger partial charge in [-0.3, -0.25) is 9.69 Å². The number of thioether (sulfide) groups is 1.